The zero-order chi connectivity index (χ0) is 5.54. The van der Waals surface area contributed by atoms with Crippen LogP contribution < -0.4 is 0 Å². The van der Waals surface area contributed by atoms with Crippen LogP contribution in [0.3, 0.4) is 0 Å². The minimum absolute atomic E-state index is 1.03. The summed E-state index contributed by atoms with van der Waals surface area (Å²) in [6, 6.07) is 0. The number of rotatable bonds is 4. The van der Waals surface area contributed by atoms with Gasteiger partial charge in [0, 0.05) is 11.5 Å². The Hall–Kier alpha value is -0.170. The lowest BCUT2D eigenvalue weighted by Gasteiger charge is -1.85. The van der Waals surface area contributed by atoms with Gasteiger partial charge in [0.2, 0.25) is 0 Å². The molecule has 0 nitrogen and oxygen atoms in total. The maximum Gasteiger partial charge on any atom is 0.0113 e. The van der Waals surface area contributed by atoms with E-state index in [1.165, 1.54) is 0 Å². The van der Waals surface area contributed by atoms with Crippen molar-refractivity contribution in [1.82, 2.24) is 0 Å². The molecule has 0 aliphatic carbocycles. The van der Waals surface area contributed by atoms with Gasteiger partial charge >= 0.3 is 0 Å². The average molecular weight is 115 g/mol. The molecule has 7 heavy (non-hydrogen) atoms. The fourth-order valence-electron chi connectivity index (χ4n) is 0.235. The van der Waals surface area contributed by atoms with Crippen LogP contribution in [0, 0.1) is 0 Å². The molecule has 0 aromatic rings. The quantitative estimate of drug-likeness (QED) is 0.307. The second kappa shape index (κ2) is 5.83. The molecule has 0 rings (SSSR count). The lowest BCUT2D eigenvalue weighted by atomic mass is 10.8. The van der Waals surface area contributed by atoms with Crippen LogP contribution in [0.5, 0.6) is 0 Å². The summed E-state index contributed by atoms with van der Waals surface area (Å²) in [5, 5.41) is 0. The Morgan fingerprint density at radius 3 is 1.86 bits per heavy atom. The molecule has 0 radical (unpaired) electrons. The fraction of sp³-hybridized carbons (Fsp3) is 0.333. The van der Waals surface area contributed by atoms with E-state index in [1.807, 2.05) is 23.9 Å². The van der Waals surface area contributed by atoms with Crippen LogP contribution in [0.1, 0.15) is 0 Å². The van der Waals surface area contributed by atoms with E-state index in [-0.39, 0.29) is 0 Å². The van der Waals surface area contributed by atoms with E-state index < -0.39 is 0 Å². The topological polar surface area (TPSA) is 0 Å². The van der Waals surface area contributed by atoms with Crippen LogP contribution in [-0.2, 0) is 0 Å². The Morgan fingerprint density at radius 1 is 1.14 bits per heavy atom. The first-order chi connectivity index (χ1) is 3.41. The van der Waals surface area contributed by atoms with Crippen molar-refractivity contribution in [2.45, 2.75) is 0 Å². The highest BCUT2D eigenvalue weighted by molar-refractivity contribution is 7.99. The highest BCUT2D eigenvalue weighted by atomic mass is 32.2. The largest absolute Gasteiger partial charge is 0.154 e. The van der Waals surface area contributed by atoms with E-state index in [9.17, 15) is 0 Å². The number of hydrogen-bond donors (Lipinski definition) is 0. The van der Waals surface area contributed by atoms with Crippen molar-refractivity contribution in [3.63, 3.8) is 0 Å². The molecule has 0 amide bonds. The highest BCUT2D eigenvalue weighted by Crippen LogP contribution is 1.97. The number of hydrogen-bond acceptors (Lipinski definition) is 1. The third-order valence-corrected chi connectivity index (χ3v) is 1.41. The smallest absolute Gasteiger partial charge is 0.0113 e. The lowest BCUT2D eigenvalue weighted by molar-refractivity contribution is 1.74. The molecule has 0 saturated heterocycles. The molecule has 0 unspecified atom stereocenters. The maximum atomic E-state index is 3.58. The molecule has 0 saturated carbocycles. The van der Waals surface area contributed by atoms with Gasteiger partial charge in [-0.1, -0.05) is 12.2 Å². The van der Waals surface area contributed by atoms with Gasteiger partial charge in [0.05, 0.1) is 0 Å². The Labute approximate surface area is 49.3 Å². The Balaban J connectivity index is 2.68. The summed E-state index contributed by atoms with van der Waals surface area (Å²) >= 11 is 1.82. The van der Waals surface area contributed by atoms with Gasteiger partial charge in [-0.3, -0.25) is 0 Å². The predicted molar refractivity (Wildman–Crippen MR) is 37.7 cm³/mol. The molecule has 0 heterocycles. The number of thioether (sulfide) groups is 1. The van der Waals surface area contributed by atoms with E-state index in [2.05, 4.69) is 13.2 Å². The van der Waals surface area contributed by atoms with E-state index >= 15 is 0 Å². The van der Waals surface area contributed by atoms with Gasteiger partial charge in [0.15, 0.2) is 0 Å². The van der Waals surface area contributed by atoms with E-state index in [4.69, 9.17) is 0 Å². The van der Waals surface area contributed by atoms with Crippen LogP contribution in [0.25, 0.3) is 0 Å². The second-order valence-corrected chi connectivity index (χ2v) is 2.19. The van der Waals surface area contributed by atoms with Crippen molar-refractivity contribution < 1.29 is 0 Å². The molecular weight excluding hydrogens is 105 g/mol. The Morgan fingerprint density at radius 2 is 1.57 bits per heavy atom. The summed E-state index contributed by atoms with van der Waals surface area (Å²) in [6.45, 7) is 7.15. The molecule has 0 atom stereocenters. The molecule has 0 aliphatic rings. The minimum Gasteiger partial charge on any atom is -0.154 e. The van der Waals surface area contributed by atoms with Gasteiger partial charge in [0.25, 0.3) is 0 Å². The summed E-state index contributed by atoms with van der Waals surface area (Å²) in [4.78, 5) is 0. The van der Waals surface area contributed by atoms with Gasteiger partial charge in [-0.2, -0.15) is 11.8 Å². The van der Waals surface area contributed by atoms with Crippen molar-refractivity contribution in [2.24, 2.45) is 0 Å². The highest BCUT2D eigenvalue weighted by Gasteiger charge is 1.73. The summed E-state index contributed by atoms with van der Waals surface area (Å²) in [5.41, 5.74) is 0. The van der Waals surface area contributed by atoms with Crippen LogP contribution in [0.2, 0.25) is 0 Å². The van der Waals surface area contributed by atoms with Crippen molar-refractivity contribution in [3.8, 4) is 0 Å². The predicted octanol–water partition coefficient (Wildman–Crippen LogP) is 2.09. The van der Waals surface area contributed by atoms with Crippen LogP contribution in [0.4, 0.5) is 0 Å². The molecule has 0 aromatic heterocycles. The lowest BCUT2D eigenvalue weighted by Crippen LogP contribution is -1.69. The van der Waals surface area contributed by atoms with Crippen LogP contribution >= 0.6 is 11.8 Å². The standard InChI is InChI=1S/C6H10S/c1-3-5-7-6-4-2/h3-4H,1-2,5-6H2/i5+1. The Kier molecular flexibility index (Phi) is 5.69. The molecule has 0 aliphatic heterocycles. The monoisotopic (exact) mass is 115 g/mol. The molecule has 1 heteroatoms. The first-order valence-corrected chi connectivity index (χ1v) is 3.37. The van der Waals surface area contributed by atoms with Gasteiger partial charge in [0.1, 0.15) is 0 Å². The molecule has 0 aromatic carbocycles. The summed E-state index contributed by atoms with van der Waals surface area (Å²) in [6.07, 6.45) is 3.79. The van der Waals surface area contributed by atoms with E-state index in [1.54, 1.807) is 0 Å². The third-order valence-electron chi connectivity index (χ3n) is 0.471. The van der Waals surface area contributed by atoms with Crippen molar-refractivity contribution in [3.05, 3.63) is 25.3 Å². The Bertz CT molecular complexity index is 49.2. The SMILES string of the molecule is C=CCS[13CH2]C=C. The molecule has 0 fully saturated rings. The van der Waals surface area contributed by atoms with Gasteiger partial charge in [-0.15, -0.1) is 13.2 Å². The van der Waals surface area contributed by atoms with E-state index in [0.29, 0.717) is 0 Å². The summed E-state index contributed by atoms with van der Waals surface area (Å²) in [5.74, 6) is 2.07. The van der Waals surface area contributed by atoms with Gasteiger partial charge in [-0.25, -0.2) is 0 Å². The van der Waals surface area contributed by atoms with Crippen molar-refractivity contribution in [1.29, 1.82) is 0 Å². The molecule has 0 spiro atoms. The van der Waals surface area contributed by atoms with Crippen LogP contribution in [0.15, 0.2) is 25.3 Å². The van der Waals surface area contributed by atoms with Gasteiger partial charge in [-0.05, 0) is 0 Å². The van der Waals surface area contributed by atoms with Gasteiger partial charge < -0.3 is 0 Å². The first-order valence-electron chi connectivity index (χ1n) is 2.21. The zero-order valence-corrected chi connectivity index (χ0v) is 5.21. The summed E-state index contributed by atoms with van der Waals surface area (Å²) < 4.78 is 0. The molecule has 0 N–H and O–H groups in total. The zero-order valence-electron chi connectivity index (χ0n) is 4.39. The van der Waals surface area contributed by atoms with E-state index in [0.717, 1.165) is 11.5 Å². The fourth-order valence-corrected chi connectivity index (χ4v) is 0.704. The van der Waals surface area contributed by atoms with Crippen LogP contribution in [-0.4, -0.2) is 11.5 Å². The first kappa shape index (κ1) is 6.83. The third kappa shape index (κ3) is 5.83. The summed E-state index contributed by atoms with van der Waals surface area (Å²) in [7, 11) is 0. The second-order valence-electron chi connectivity index (χ2n) is 1.11. The average Bonchev–Trinajstić information content (AvgIpc) is 1.69. The minimum atomic E-state index is 1.03. The normalized spacial score (nSPS) is 8.00. The van der Waals surface area contributed by atoms with Crippen molar-refractivity contribution >= 4 is 11.8 Å². The van der Waals surface area contributed by atoms with Crippen molar-refractivity contribution in [2.75, 3.05) is 11.5 Å². The molecular formula is C6H10S. The molecule has 0 bridgehead atoms. The molecule has 40 valence electrons. The maximum absolute atomic E-state index is 3.58.